The summed E-state index contributed by atoms with van der Waals surface area (Å²) in [5.74, 6) is -1.19. The molecule has 4 nitrogen and oxygen atoms in total. The summed E-state index contributed by atoms with van der Waals surface area (Å²) in [7, 11) is 0. The van der Waals surface area contributed by atoms with Crippen LogP contribution in [-0.4, -0.2) is 17.0 Å². The Morgan fingerprint density at radius 1 is 0.929 bits per heavy atom. The van der Waals surface area contributed by atoms with Crippen LogP contribution >= 0.6 is 11.6 Å². The Balaban J connectivity index is 2.05. The Morgan fingerprint density at radius 2 is 1.64 bits per heavy atom. The van der Waals surface area contributed by atoms with Gasteiger partial charge in [-0.2, -0.15) is 0 Å². The predicted molar refractivity (Wildman–Crippen MR) is 111 cm³/mol. The van der Waals surface area contributed by atoms with E-state index in [0.717, 1.165) is 23.2 Å². The van der Waals surface area contributed by atoms with Crippen molar-refractivity contribution in [1.82, 2.24) is 0 Å². The van der Waals surface area contributed by atoms with Crippen molar-refractivity contribution in [2.24, 2.45) is 0 Å². The Morgan fingerprint density at radius 3 is 2.36 bits per heavy atom. The van der Waals surface area contributed by atoms with Crippen LogP contribution in [0.5, 0.6) is 0 Å². The summed E-state index contributed by atoms with van der Waals surface area (Å²) < 4.78 is 0. The van der Waals surface area contributed by atoms with Gasteiger partial charge in [0.25, 0.3) is 5.91 Å². The van der Waals surface area contributed by atoms with Crippen molar-refractivity contribution in [2.75, 3.05) is 4.90 Å². The van der Waals surface area contributed by atoms with E-state index in [4.69, 9.17) is 11.6 Å². The molecule has 1 N–H and O–H groups in total. The van der Waals surface area contributed by atoms with Crippen LogP contribution in [-0.2, 0) is 13.0 Å². The molecule has 0 aliphatic rings. The molecule has 0 aliphatic carbocycles. The molecule has 28 heavy (non-hydrogen) atoms. The minimum Gasteiger partial charge on any atom is -0.478 e. The fourth-order valence-corrected chi connectivity index (χ4v) is 3.29. The van der Waals surface area contributed by atoms with Crippen molar-refractivity contribution in [3.63, 3.8) is 0 Å². The van der Waals surface area contributed by atoms with Gasteiger partial charge in [0, 0.05) is 16.3 Å². The van der Waals surface area contributed by atoms with Crippen LogP contribution in [0, 0.1) is 0 Å². The van der Waals surface area contributed by atoms with Gasteiger partial charge in [0.1, 0.15) is 0 Å². The second-order valence-corrected chi connectivity index (χ2v) is 6.83. The number of carboxylic acid groups (broad SMARTS) is 1. The number of para-hydroxylation sites is 1. The van der Waals surface area contributed by atoms with Gasteiger partial charge in [-0.25, -0.2) is 4.79 Å². The maximum atomic E-state index is 13.3. The number of amides is 1. The van der Waals surface area contributed by atoms with E-state index in [1.807, 2.05) is 37.3 Å². The first-order chi connectivity index (χ1) is 13.5. The number of nitrogens with zero attached hydrogens (tertiary/aromatic N) is 1. The molecular weight excluding hydrogens is 374 g/mol. The molecule has 0 fully saturated rings. The second kappa shape index (κ2) is 8.72. The van der Waals surface area contributed by atoms with Crippen LogP contribution in [0.25, 0.3) is 0 Å². The topological polar surface area (TPSA) is 57.6 Å². The molecule has 0 saturated heterocycles. The standard InChI is InChI=1S/C23H20ClNO3/c1-2-17-8-3-4-12-21(17)25(22(26)18-9-6-11-20(24)14-18)15-16-7-5-10-19(13-16)23(27)28/h3-14H,2,15H2,1H3,(H,27,28). The van der Waals surface area contributed by atoms with E-state index >= 15 is 0 Å². The smallest absolute Gasteiger partial charge is 0.335 e. The highest BCUT2D eigenvalue weighted by atomic mass is 35.5. The van der Waals surface area contributed by atoms with Gasteiger partial charge in [0.2, 0.25) is 0 Å². The van der Waals surface area contributed by atoms with Crippen molar-refractivity contribution in [1.29, 1.82) is 0 Å². The molecular formula is C23H20ClNO3. The number of anilines is 1. The molecule has 0 heterocycles. The number of halogens is 1. The molecule has 0 atom stereocenters. The average molecular weight is 394 g/mol. The third kappa shape index (κ3) is 4.41. The molecule has 0 bridgehead atoms. The minimum atomic E-state index is -0.997. The first-order valence-electron chi connectivity index (χ1n) is 8.97. The average Bonchev–Trinajstić information content (AvgIpc) is 2.71. The van der Waals surface area contributed by atoms with Gasteiger partial charge in [-0.1, -0.05) is 54.9 Å². The summed E-state index contributed by atoms with van der Waals surface area (Å²) in [5, 5.41) is 9.75. The number of benzene rings is 3. The summed E-state index contributed by atoms with van der Waals surface area (Å²) in [4.78, 5) is 26.3. The number of aryl methyl sites for hydroxylation is 1. The number of carboxylic acids is 1. The number of rotatable bonds is 6. The first-order valence-corrected chi connectivity index (χ1v) is 9.35. The number of aromatic carboxylic acids is 1. The summed E-state index contributed by atoms with van der Waals surface area (Å²) in [6.07, 6.45) is 0.769. The van der Waals surface area contributed by atoms with Crippen LogP contribution in [0.2, 0.25) is 5.02 Å². The van der Waals surface area contributed by atoms with Crippen molar-refractivity contribution in [3.8, 4) is 0 Å². The van der Waals surface area contributed by atoms with Crippen LogP contribution in [0.3, 0.4) is 0 Å². The molecule has 0 spiro atoms. The fourth-order valence-electron chi connectivity index (χ4n) is 3.10. The van der Waals surface area contributed by atoms with E-state index < -0.39 is 5.97 Å². The van der Waals surface area contributed by atoms with E-state index in [1.165, 1.54) is 6.07 Å². The Labute approximate surface area is 169 Å². The molecule has 0 aliphatic heterocycles. The molecule has 1 amide bonds. The highest BCUT2D eigenvalue weighted by Gasteiger charge is 2.21. The van der Waals surface area contributed by atoms with E-state index in [-0.39, 0.29) is 18.0 Å². The quantitative estimate of drug-likeness (QED) is 0.606. The predicted octanol–water partition coefficient (Wildman–Crippen LogP) is 5.45. The van der Waals surface area contributed by atoms with Crippen LogP contribution in [0.15, 0.2) is 72.8 Å². The lowest BCUT2D eigenvalue weighted by Crippen LogP contribution is -2.31. The summed E-state index contributed by atoms with van der Waals surface area (Å²) in [6.45, 7) is 2.29. The molecule has 5 heteroatoms. The SMILES string of the molecule is CCc1ccccc1N(Cc1cccc(C(=O)O)c1)C(=O)c1cccc(Cl)c1. The zero-order valence-electron chi connectivity index (χ0n) is 15.4. The lowest BCUT2D eigenvalue weighted by Gasteiger charge is -2.26. The summed E-state index contributed by atoms with van der Waals surface area (Å²) in [5.41, 5.74) is 3.24. The van der Waals surface area contributed by atoms with Gasteiger partial charge in [-0.3, -0.25) is 4.79 Å². The molecule has 3 aromatic carbocycles. The van der Waals surface area contributed by atoms with Gasteiger partial charge in [0.15, 0.2) is 0 Å². The highest BCUT2D eigenvalue weighted by Crippen LogP contribution is 2.26. The van der Waals surface area contributed by atoms with E-state index in [9.17, 15) is 14.7 Å². The molecule has 3 rings (SSSR count). The Hall–Kier alpha value is -3.11. The molecule has 0 aromatic heterocycles. The van der Waals surface area contributed by atoms with Crippen molar-refractivity contribution >= 4 is 29.2 Å². The number of carbonyl (C=O) groups is 2. The maximum absolute atomic E-state index is 13.3. The minimum absolute atomic E-state index is 0.191. The molecule has 0 radical (unpaired) electrons. The Bertz CT molecular complexity index is 1020. The van der Waals surface area contributed by atoms with Gasteiger partial charge in [0.05, 0.1) is 12.1 Å². The van der Waals surface area contributed by atoms with Crippen molar-refractivity contribution in [2.45, 2.75) is 19.9 Å². The molecule has 0 unspecified atom stereocenters. The van der Waals surface area contributed by atoms with Crippen molar-refractivity contribution < 1.29 is 14.7 Å². The first kappa shape index (κ1) is 19.6. The third-order valence-electron chi connectivity index (χ3n) is 4.49. The lowest BCUT2D eigenvalue weighted by molar-refractivity contribution is 0.0696. The number of hydrogen-bond acceptors (Lipinski definition) is 2. The summed E-state index contributed by atoms with van der Waals surface area (Å²) >= 11 is 6.08. The number of carbonyl (C=O) groups excluding carboxylic acids is 1. The summed E-state index contributed by atoms with van der Waals surface area (Å²) in [6, 6.07) is 21.2. The van der Waals surface area contributed by atoms with Gasteiger partial charge in [-0.05, 0) is 53.9 Å². The monoisotopic (exact) mass is 393 g/mol. The van der Waals surface area contributed by atoms with E-state index in [0.29, 0.717) is 10.6 Å². The second-order valence-electron chi connectivity index (χ2n) is 6.39. The molecule has 0 saturated carbocycles. The normalized spacial score (nSPS) is 10.5. The largest absolute Gasteiger partial charge is 0.478 e. The van der Waals surface area contributed by atoms with Crippen molar-refractivity contribution in [3.05, 3.63) is 100 Å². The fraction of sp³-hybridized carbons (Fsp3) is 0.130. The van der Waals surface area contributed by atoms with Crippen LogP contribution in [0.1, 0.15) is 38.8 Å². The highest BCUT2D eigenvalue weighted by molar-refractivity contribution is 6.31. The van der Waals surface area contributed by atoms with E-state index in [1.54, 1.807) is 41.3 Å². The zero-order valence-corrected chi connectivity index (χ0v) is 16.2. The molecule has 3 aromatic rings. The van der Waals surface area contributed by atoms with E-state index in [2.05, 4.69) is 0 Å². The lowest BCUT2D eigenvalue weighted by atomic mass is 10.1. The van der Waals surface area contributed by atoms with Crippen LogP contribution < -0.4 is 4.90 Å². The van der Waals surface area contributed by atoms with Crippen LogP contribution in [0.4, 0.5) is 5.69 Å². The van der Waals surface area contributed by atoms with Gasteiger partial charge >= 0.3 is 5.97 Å². The number of hydrogen-bond donors (Lipinski definition) is 1. The van der Waals surface area contributed by atoms with Gasteiger partial charge < -0.3 is 10.0 Å². The molecule has 142 valence electrons. The zero-order chi connectivity index (χ0) is 20.1. The maximum Gasteiger partial charge on any atom is 0.335 e. The Kier molecular flexibility index (Phi) is 6.12. The van der Waals surface area contributed by atoms with Gasteiger partial charge in [-0.15, -0.1) is 0 Å². The third-order valence-corrected chi connectivity index (χ3v) is 4.73.